The smallest absolute Gasteiger partial charge is 0.119 e. The number of thioether (sulfide) groups is 1. The lowest BCUT2D eigenvalue weighted by molar-refractivity contribution is 0.0405. The van der Waals surface area contributed by atoms with E-state index in [9.17, 15) is 5.11 Å². The van der Waals surface area contributed by atoms with Crippen LogP contribution in [0, 0.1) is 29.6 Å². The van der Waals surface area contributed by atoms with Crippen molar-refractivity contribution in [2.24, 2.45) is 0 Å². The van der Waals surface area contributed by atoms with Crippen molar-refractivity contribution in [2.45, 2.75) is 22.7 Å². The molecule has 0 saturated carbocycles. The predicted octanol–water partition coefficient (Wildman–Crippen LogP) is 3.07. The lowest BCUT2D eigenvalue weighted by Crippen LogP contribution is -2.45. The first-order valence-electron chi connectivity index (χ1n) is 8.25. The fourth-order valence-electron chi connectivity index (χ4n) is 2.83. The summed E-state index contributed by atoms with van der Waals surface area (Å²) in [6.07, 6.45) is 0. The molecule has 1 aliphatic rings. The summed E-state index contributed by atoms with van der Waals surface area (Å²) in [4.78, 5) is 0.993. The molecule has 5 nitrogen and oxygen atoms in total. The highest BCUT2D eigenvalue weighted by Gasteiger charge is 2.43. The van der Waals surface area contributed by atoms with Gasteiger partial charge in [0.15, 0.2) is 0 Å². The quantitative estimate of drug-likeness (QED) is 0.846. The molecule has 0 radical (unpaired) electrons. The summed E-state index contributed by atoms with van der Waals surface area (Å²) < 4.78 is 5.53. The van der Waals surface area contributed by atoms with Gasteiger partial charge in [0.2, 0.25) is 0 Å². The van der Waals surface area contributed by atoms with Gasteiger partial charge in [-0.3, -0.25) is 0 Å². The molecule has 1 fully saturated rings. The highest BCUT2D eigenvalue weighted by molar-refractivity contribution is 8.00. The van der Waals surface area contributed by atoms with Crippen molar-refractivity contribution in [3.8, 4) is 12.1 Å². The molecule has 2 atom stereocenters. The Hall–Kier alpha value is -2.51. The van der Waals surface area contributed by atoms with Gasteiger partial charge in [-0.15, -0.1) is 11.8 Å². The molecule has 3 rings (SSSR count). The van der Waals surface area contributed by atoms with Crippen LogP contribution in [0.25, 0.3) is 0 Å². The number of anilines is 1. The highest BCUT2D eigenvalue weighted by Crippen LogP contribution is 2.35. The van der Waals surface area contributed by atoms with Crippen molar-refractivity contribution in [1.29, 1.82) is 10.5 Å². The molecular formula is C20H19N3O2S. The average molecular weight is 365 g/mol. The largest absolute Gasteiger partial charge is 0.384 e. The Labute approximate surface area is 157 Å². The van der Waals surface area contributed by atoms with Gasteiger partial charge in [-0.1, -0.05) is 0 Å². The molecule has 2 aromatic rings. The van der Waals surface area contributed by atoms with Crippen LogP contribution in [0.1, 0.15) is 16.7 Å². The number of nitrogens with zero attached hydrogens (tertiary/aromatic N) is 2. The maximum Gasteiger partial charge on any atom is 0.119 e. The average Bonchev–Trinajstić information content (AvgIpc) is 3.01. The molecule has 2 N–H and O–H groups in total. The van der Waals surface area contributed by atoms with Gasteiger partial charge in [0.25, 0.3) is 0 Å². The Balaban J connectivity index is 1.66. The third kappa shape index (κ3) is 4.00. The minimum atomic E-state index is -1.000. The molecule has 0 spiro atoms. The van der Waals surface area contributed by atoms with Crippen molar-refractivity contribution in [3.05, 3.63) is 59.2 Å². The van der Waals surface area contributed by atoms with Crippen LogP contribution < -0.4 is 5.32 Å². The van der Waals surface area contributed by atoms with Crippen LogP contribution in [0.5, 0.6) is 0 Å². The van der Waals surface area contributed by atoms with Crippen LogP contribution in [0.3, 0.4) is 0 Å². The molecule has 0 aromatic heterocycles. The molecule has 0 bridgehead atoms. The van der Waals surface area contributed by atoms with Crippen LogP contribution in [-0.2, 0) is 4.74 Å². The molecule has 6 heteroatoms. The topological polar surface area (TPSA) is 89.1 Å². The summed E-state index contributed by atoms with van der Waals surface area (Å²) in [6, 6.07) is 17.1. The molecular weight excluding hydrogens is 346 g/mol. The van der Waals surface area contributed by atoms with E-state index in [1.54, 1.807) is 30.0 Å². The minimum absolute atomic E-state index is 0.109. The van der Waals surface area contributed by atoms with E-state index in [0.29, 0.717) is 24.3 Å². The summed E-state index contributed by atoms with van der Waals surface area (Å²) in [5, 5.41) is 32.1. The summed E-state index contributed by atoms with van der Waals surface area (Å²) >= 11 is 1.55. The van der Waals surface area contributed by atoms with Crippen molar-refractivity contribution >= 4 is 17.4 Å². The number of ether oxygens (including phenoxy) is 1. The number of aryl methyl sites for hydroxylation is 1. The van der Waals surface area contributed by atoms with E-state index in [1.165, 1.54) is 0 Å². The Morgan fingerprint density at radius 1 is 1.23 bits per heavy atom. The van der Waals surface area contributed by atoms with E-state index in [-0.39, 0.29) is 11.9 Å². The molecule has 0 aliphatic carbocycles. The fraction of sp³-hybridized carbons (Fsp3) is 0.300. The molecule has 2 aromatic carbocycles. The Bertz CT molecular complexity index is 870. The van der Waals surface area contributed by atoms with Crippen molar-refractivity contribution < 1.29 is 9.84 Å². The van der Waals surface area contributed by atoms with Crippen LogP contribution in [-0.4, -0.2) is 35.7 Å². The molecule has 1 heterocycles. The van der Waals surface area contributed by atoms with Gasteiger partial charge in [-0.05, 0) is 55.0 Å². The lowest BCUT2D eigenvalue weighted by Gasteiger charge is -2.28. The first kappa shape index (κ1) is 18.3. The lowest BCUT2D eigenvalue weighted by atomic mass is 10.0. The second kappa shape index (κ2) is 7.80. The minimum Gasteiger partial charge on any atom is -0.384 e. The normalized spacial score (nSPS) is 21.8. The van der Waals surface area contributed by atoms with E-state index in [4.69, 9.17) is 15.3 Å². The number of rotatable bonds is 5. The molecule has 26 heavy (non-hydrogen) atoms. The third-order valence-electron chi connectivity index (χ3n) is 4.43. The molecule has 0 amide bonds. The van der Waals surface area contributed by atoms with Gasteiger partial charge in [-0.2, -0.15) is 10.5 Å². The summed E-state index contributed by atoms with van der Waals surface area (Å²) in [5.41, 5.74) is 2.03. The Morgan fingerprint density at radius 3 is 2.65 bits per heavy atom. The van der Waals surface area contributed by atoms with Gasteiger partial charge in [0.05, 0.1) is 41.7 Å². The standard InChI is InChI=1S/C20H19N3O2S/c1-14-8-17(5-4-16(14)10-22)23-12-20(24)13-25-11-19(20)26-18-6-2-15(9-21)3-7-18/h2-8,19,23-24H,11-13H2,1H3. The van der Waals surface area contributed by atoms with Crippen LogP contribution in [0.4, 0.5) is 5.69 Å². The number of hydrogen-bond donors (Lipinski definition) is 2. The van der Waals surface area contributed by atoms with E-state index >= 15 is 0 Å². The van der Waals surface area contributed by atoms with E-state index in [2.05, 4.69) is 17.5 Å². The SMILES string of the molecule is Cc1cc(NCC2(O)COCC2Sc2ccc(C#N)cc2)ccc1C#N. The number of hydrogen-bond acceptors (Lipinski definition) is 6. The zero-order valence-electron chi connectivity index (χ0n) is 14.4. The maximum atomic E-state index is 11.0. The maximum absolute atomic E-state index is 11.0. The Morgan fingerprint density at radius 2 is 2.00 bits per heavy atom. The first-order chi connectivity index (χ1) is 12.5. The van der Waals surface area contributed by atoms with Crippen molar-refractivity contribution in [1.82, 2.24) is 0 Å². The van der Waals surface area contributed by atoms with Crippen LogP contribution in [0.15, 0.2) is 47.4 Å². The van der Waals surface area contributed by atoms with Crippen LogP contribution in [0.2, 0.25) is 0 Å². The summed E-state index contributed by atoms with van der Waals surface area (Å²) in [5.74, 6) is 0. The number of aliphatic hydroxyl groups is 1. The summed E-state index contributed by atoms with van der Waals surface area (Å²) in [7, 11) is 0. The third-order valence-corrected chi connectivity index (χ3v) is 5.83. The molecule has 132 valence electrons. The van der Waals surface area contributed by atoms with Crippen molar-refractivity contribution in [2.75, 3.05) is 25.1 Å². The van der Waals surface area contributed by atoms with E-state index in [0.717, 1.165) is 16.1 Å². The molecule has 1 aliphatic heterocycles. The van der Waals surface area contributed by atoms with Gasteiger partial charge in [-0.25, -0.2) is 0 Å². The predicted molar refractivity (Wildman–Crippen MR) is 101 cm³/mol. The number of benzene rings is 2. The van der Waals surface area contributed by atoms with Crippen LogP contribution >= 0.6 is 11.8 Å². The number of nitrogens with one attached hydrogen (secondary N) is 1. The Kier molecular flexibility index (Phi) is 5.49. The molecule has 2 unspecified atom stereocenters. The zero-order valence-corrected chi connectivity index (χ0v) is 15.2. The van der Waals surface area contributed by atoms with Gasteiger partial charge in [0.1, 0.15) is 5.60 Å². The highest BCUT2D eigenvalue weighted by atomic mass is 32.2. The first-order valence-corrected chi connectivity index (χ1v) is 9.13. The second-order valence-corrected chi connectivity index (χ2v) is 7.63. The number of nitriles is 2. The zero-order chi connectivity index (χ0) is 18.6. The molecule has 1 saturated heterocycles. The summed E-state index contributed by atoms with van der Waals surface area (Å²) in [6.45, 7) is 2.98. The van der Waals surface area contributed by atoms with Crippen molar-refractivity contribution in [3.63, 3.8) is 0 Å². The van der Waals surface area contributed by atoms with Gasteiger partial charge >= 0.3 is 0 Å². The van der Waals surface area contributed by atoms with E-state index in [1.807, 2.05) is 31.2 Å². The monoisotopic (exact) mass is 365 g/mol. The van der Waals surface area contributed by atoms with E-state index < -0.39 is 5.60 Å². The fourth-order valence-corrected chi connectivity index (χ4v) is 3.98. The second-order valence-electron chi connectivity index (χ2n) is 6.36. The van der Waals surface area contributed by atoms with Gasteiger partial charge in [0, 0.05) is 17.1 Å². The van der Waals surface area contributed by atoms with Gasteiger partial charge < -0.3 is 15.2 Å².